The van der Waals surface area contributed by atoms with Crippen LogP contribution in [0.1, 0.15) is 34.2 Å². The minimum absolute atomic E-state index is 0.348. The van der Waals surface area contributed by atoms with Gasteiger partial charge in [0.1, 0.15) is 10.8 Å². The number of aromatic nitrogens is 3. The van der Waals surface area contributed by atoms with Crippen molar-refractivity contribution in [3.63, 3.8) is 0 Å². The van der Waals surface area contributed by atoms with Gasteiger partial charge in [0.15, 0.2) is 6.10 Å². The molecule has 3 rings (SSSR count). The zero-order valence-electron chi connectivity index (χ0n) is 12.0. The fourth-order valence-corrected chi connectivity index (χ4v) is 2.78. The fraction of sp³-hybridized carbons (Fsp3) is 0.267. The summed E-state index contributed by atoms with van der Waals surface area (Å²) in [5.41, 5.74) is 2.30. The maximum Gasteiger partial charge on any atom is 0.338 e. The third-order valence-electron chi connectivity index (χ3n) is 3.42. The largest absolute Gasteiger partial charge is 0.452 e. The minimum Gasteiger partial charge on any atom is -0.452 e. The molecule has 108 valence electrons. The summed E-state index contributed by atoms with van der Waals surface area (Å²) in [6.45, 7) is 3.75. The minimum atomic E-state index is -0.358. The molecule has 0 spiro atoms. The number of benzene rings is 1. The summed E-state index contributed by atoms with van der Waals surface area (Å²) in [6.07, 6.45) is 1.35. The van der Waals surface area contributed by atoms with Gasteiger partial charge in [-0.15, -0.1) is 11.3 Å². The van der Waals surface area contributed by atoms with E-state index in [2.05, 4.69) is 9.97 Å². The molecular formula is C15H15N3O2S. The van der Waals surface area contributed by atoms with E-state index in [0.717, 1.165) is 21.9 Å². The summed E-state index contributed by atoms with van der Waals surface area (Å²) in [7, 11) is 1.95. The van der Waals surface area contributed by atoms with Crippen molar-refractivity contribution in [2.75, 3.05) is 0 Å². The van der Waals surface area contributed by atoms with E-state index >= 15 is 0 Å². The Hall–Kier alpha value is -2.21. The van der Waals surface area contributed by atoms with Crippen molar-refractivity contribution in [2.45, 2.75) is 20.0 Å². The molecule has 3 aromatic rings. The zero-order chi connectivity index (χ0) is 15.0. The molecule has 0 fully saturated rings. The lowest BCUT2D eigenvalue weighted by molar-refractivity contribution is 0.0337. The summed E-state index contributed by atoms with van der Waals surface area (Å²) in [4.78, 5) is 20.8. The normalized spacial score (nSPS) is 12.5. The molecule has 0 aliphatic heterocycles. The maximum atomic E-state index is 12.2. The van der Waals surface area contributed by atoms with Crippen LogP contribution in [-0.4, -0.2) is 20.5 Å². The second-order valence-corrected chi connectivity index (χ2v) is 5.77. The molecular weight excluding hydrogens is 286 g/mol. The lowest BCUT2D eigenvalue weighted by Crippen LogP contribution is -2.09. The van der Waals surface area contributed by atoms with Gasteiger partial charge in [0.2, 0.25) is 0 Å². The molecule has 2 aromatic heterocycles. The Morgan fingerprint density at radius 3 is 2.95 bits per heavy atom. The zero-order valence-corrected chi connectivity index (χ0v) is 12.8. The van der Waals surface area contributed by atoms with Gasteiger partial charge in [0.05, 0.1) is 16.6 Å². The van der Waals surface area contributed by atoms with E-state index < -0.39 is 0 Å². The Morgan fingerprint density at radius 2 is 2.24 bits per heavy atom. The van der Waals surface area contributed by atoms with E-state index in [1.807, 2.05) is 36.9 Å². The molecule has 0 N–H and O–H groups in total. The van der Waals surface area contributed by atoms with Crippen LogP contribution in [0.15, 0.2) is 29.8 Å². The highest BCUT2D eigenvalue weighted by Gasteiger charge is 2.16. The molecule has 5 nitrogen and oxygen atoms in total. The molecule has 0 amide bonds. The highest BCUT2D eigenvalue weighted by molar-refractivity contribution is 7.09. The monoisotopic (exact) mass is 301 g/mol. The van der Waals surface area contributed by atoms with Gasteiger partial charge in [-0.2, -0.15) is 0 Å². The maximum absolute atomic E-state index is 12.2. The number of nitrogens with zero attached hydrogens (tertiary/aromatic N) is 3. The molecule has 0 aliphatic rings. The van der Waals surface area contributed by atoms with E-state index in [1.54, 1.807) is 18.3 Å². The molecule has 0 aliphatic carbocycles. The first-order valence-electron chi connectivity index (χ1n) is 6.59. The van der Waals surface area contributed by atoms with Crippen molar-refractivity contribution in [2.24, 2.45) is 7.05 Å². The van der Waals surface area contributed by atoms with E-state index in [9.17, 15) is 4.79 Å². The van der Waals surface area contributed by atoms with E-state index in [1.165, 1.54) is 11.3 Å². The van der Waals surface area contributed by atoms with Crippen molar-refractivity contribution in [3.05, 3.63) is 46.2 Å². The van der Waals surface area contributed by atoms with Crippen molar-refractivity contribution >= 4 is 28.3 Å². The summed E-state index contributed by atoms with van der Waals surface area (Å²) in [5.74, 6) is 0.551. The number of thiazole rings is 1. The van der Waals surface area contributed by atoms with Crippen LogP contribution in [0, 0.1) is 6.92 Å². The second kappa shape index (κ2) is 5.29. The van der Waals surface area contributed by atoms with E-state index in [-0.39, 0.29) is 12.1 Å². The van der Waals surface area contributed by atoms with Crippen LogP contribution >= 0.6 is 11.3 Å². The average Bonchev–Trinajstić information content (AvgIpc) is 3.08. The summed E-state index contributed by atoms with van der Waals surface area (Å²) in [5, 5.41) is 2.65. The first kappa shape index (κ1) is 13.8. The molecule has 0 saturated carbocycles. The van der Waals surface area contributed by atoms with Crippen LogP contribution in [0.5, 0.6) is 0 Å². The van der Waals surface area contributed by atoms with Gasteiger partial charge in [0.25, 0.3) is 0 Å². The third-order valence-corrected chi connectivity index (χ3v) is 4.36. The summed E-state index contributed by atoms with van der Waals surface area (Å²) < 4.78 is 7.43. The van der Waals surface area contributed by atoms with Crippen LogP contribution in [0.3, 0.4) is 0 Å². The molecule has 0 saturated heterocycles. The standard InChI is InChI=1S/C15H15N3O2S/c1-9(14-16-6-7-21-14)20-15(19)11-4-5-13-12(8-11)17-10(2)18(13)3/h4-9H,1-3H3/t9-/m1/s1. The van der Waals surface area contributed by atoms with Crippen molar-refractivity contribution in [1.29, 1.82) is 0 Å². The third kappa shape index (κ3) is 2.54. The Morgan fingerprint density at radius 1 is 1.43 bits per heavy atom. The number of imidazole rings is 1. The summed E-state index contributed by atoms with van der Waals surface area (Å²) in [6, 6.07) is 5.42. The number of aryl methyl sites for hydroxylation is 2. The smallest absolute Gasteiger partial charge is 0.338 e. The summed E-state index contributed by atoms with van der Waals surface area (Å²) >= 11 is 1.47. The van der Waals surface area contributed by atoms with Gasteiger partial charge >= 0.3 is 5.97 Å². The Labute approximate surface area is 126 Å². The predicted octanol–water partition coefficient (Wildman–Crippen LogP) is 3.26. The SMILES string of the molecule is Cc1nc2cc(C(=O)O[C@H](C)c3nccs3)ccc2n1C. The van der Waals surface area contributed by atoms with Crippen molar-refractivity contribution in [1.82, 2.24) is 14.5 Å². The van der Waals surface area contributed by atoms with Gasteiger partial charge in [-0.05, 0) is 32.0 Å². The molecule has 6 heteroatoms. The van der Waals surface area contributed by atoms with Crippen LogP contribution in [0.25, 0.3) is 11.0 Å². The molecule has 1 atom stereocenters. The Balaban J connectivity index is 1.84. The van der Waals surface area contributed by atoms with Crippen molar-refractivity contribution < 1.29 is 9.53 Å². The van der Waals surface area contributed by atoms with Gasteiger partial charge < -0.3 is 9.30 Å². The van der Waals surface area contributed by atoms with Gasteiger partial charge in [-0.25, -0.2) is 14.8 Å². The average molecular weight is 301 g/mol. The number of hydrogen-bond donors (Lipinski definition) is 0. The second-order valence-electron chi connectivity index (χ2n) is 4.84. The lowest BCUT2D eigenvalue weighted by Gasteiger charge is -2.10. The lowest BCUT2D eigenvalue weighted by atomic mass is 10.2. The highest BCUT2D eigenvalue weighted by atomic mass is 32.1. The molecule has 0 radical (unpaired) electrons. The topological polar surface area (TPSA) is 57.0 Å². The van der Waals surface area contributed by atoms with Crippen LogP contribution in [0.4, 0.5) is 0 Å². The molecule has 0 bridgehead atoms. The number of fused-ring (bicyclic) bond motifs is 1. The predicted molar refractivity (Wildman–Crippen MR) is 81.4 cm³/mol. The van der Waals surface area contributed by atoms with E-state index in [0.29, 0.717) is 5.56 Å². The first-order chi connectivity index (χ1) is 10.1. The number of ether oxygens (including phenoxy) is 1. The van der Waals surface area contributed by atoms with Gasteiger partial charge in [0, 0.05) is 18.6 Å². The number of hydrogen-bond acceptors (Lipinski definition) is 5. The number of rotatable bonds is 3. The van der Waals surface area contributed by atoms with Crippen LogP contribution in [0.2, 0.25) is 0 Å². The Bertz CT molecular complexity index is 793. The first-order valence-corrected chi connectivity index (χ1v) is 7.47. The van der Waals surface area contributed by atoms with Crippen LogP contribution in [-0.2, 0) is 11.8 Å². The highest BCUT2D eigenvalue weighted by Crippen LogP contribution is 2.22. The number of carbonyl (C=O) groups excluding carboxylic acids is 1. The number of esters is 1. The molecule has 0 unspecified atom stereocenters. The number of carbonyl (C=O) groups is 1. The molecule has 2 heterocycles. The van der Waals surface area contributed by atoms with Gasteiger partial charge in [-0.1, -0.05) is 0 Å². The van der Waals surface area contributed by atoms with Gasteiger partial charge in [-0.3, -0.25) is 0 Å². The Kier molecular flexibility index (Phi) is 3.47. The quantitative estimate of drug-likeness (QED) is 0.697. The van der Waals surface area contributed by atoms with Crippen LogP contribution < -0.4 is 0 Å². The molecule has 1 aromatic carbocycles. The van der Waals surface area contributed by atoms with Crippen molar-refractivity contribution in [3.8, 4) is 0 Å². The fourth-order valence-electron chi connectivity index (χ4n) is 2.16. The molecule has 21 heavy (non-hydrogen) atoms. The van der Waals surface area contributed by atoms with E-state index in [4.69, 9.17) is 4.74 Å².